The van der Waals surface area contributed by atoms with E-state index in [1.54, 1.807) is 17.8 Å². The van der Waals surface area contributed by atoms with E-state index in [4.69, 9.17) is 0 Å². The Morgan fingerprint density at radius 2 is 2.11 bits per heavy atom. The number of nitrogens with one attached hydrogen (secondary N) is 1. The van der Waals surface area contributed by atoms with E-state index in [1.165, 1.54) is 4.91 Å². The van der Waals surface area contributed by atoms with Crippen LogP contribution in [0.5, 0.6) is 0 Å². The van der Waals surface area contributed by atoms with E-state index in [-0.39, 0.29) is 11.7 Å². The summed E-state index contributed by atoms with van der Waals surface area (Å²) >= 11 is 1.68. The van der Waals surface area contributed by atoms with Crippen LogP contribution in [0.1, 0.15) is 39.0 Å². The zero-order valence-electron chi connectivity index (χ0n) is 16.0. The van der Waals surface area contributed by atoms with Crippen LogP contribution in [0, 0.1) is 0 Å². The fourth-order valence-electron chi connectivity index (χ4n) is 3.56. The summed E-state index contributed by atoms with van der Waals surface area (Å²) in [7, 11) is 0. The van der Waals surface area contributed by atoms with Crippen LogP contribution < -0.4 is 5.32 Å². The van der Waals surface area contributed by atoms with Crippen molar-refractivity contribution in [3.8, 4) is 0 Å². The number of nitrogens with zero attached hydrogens (tertiary/aromatic N) is 2. The number of allylic oxidation sites excluding steroid dienone is 4. The normalized spacial score (nSPS) is 21.2. The molecule has 0 spiro atoms. The summed E-state index contributed by atoms with van der Waals surface area (Å²) in [6.07, 6.45) is 14.1. The number of hydrogen-bond acceptors (Lipinski definition) is 5. The number of thioether (sulfide) groups is 1. The van der Waals surface area contributed by atoms with Gasteiger partial charge in [0.1, 0.15) is 0 Å². The lowest BCUT2D eigenvalue weighted by Gasteiger charge is -2.32. The van der Waals surface area contributed by atoms with Gasteiger partial charge in [-0.2, -0.15) is 0 Å². The summed E-state index contributed by atoms with van der Waals surface area (Å²) in [5.41, 5.74) is 1.11. The molecule has 3 aliphatic rings. The van der Waals surface area contributed by atoms with E-state index in [2.05, 4.69) is 32.9 Å². The first-order chi connectivity index (χ1) is 13.1. The molecule has 1 saturated heterocycles. The van der Waals surface area contributed by atoms with E-state index in [1.807, 2.05) is 19.1 Å². The maximum absolute atomic E-state index is 11.6. The minimum atomic E-state index is 0.163. The van der Waals surface area contributed by atoms with E-state index >= 15 is 0 Å². The Labute approximate surface area is 166 Å². The summed E-state index contributed by atoms with van der Waals surface area (Å²) in [5, 5.41) is 5.21. The van der Waals surface area contributed by atoms with Crippen LogP contribution in [-0.2, 0) is 9.59 Å². The molecule has 0 aromatic carbocycles. The van der Waals surface area contributed by atoms with E-state index in [0.29, 0.717) is 18.9 Å². The molecule has 0 aromatic heterocycles. The standard InChI is InChI=1S/C21H29N3O2S/c1-2-21(26)22-18-7-11-23(12-8-18)9-4-10-24-13-14-27-20(16-24)17-5-3-6-19(25)15-17/h3,5-6,13-14,16,18H,2,4,7-12,15H2,1H3,(H,22,26). The van der Waals surface area contributed by atoms with Crippen LogP contribution in [0.3, 0.4) is 0 Å². The Kier molecular flexibility index (Phi) is 7.35. The van der Waals surface area contributed by atoms with Crippen LogP contribution in [-0.4, -0.2) is 53.7 Å². The first-order valence-corrected chi connectivity index (χ1v) is 10.7. The Morgan fingerprint density at radius 3 is 2.85 bits per heavy atom. The van der Waals surface area contributed by atoms with Crippen molar-refractivity contribution in [2.24, 2.45) is 0 Å². The summed E-state index contributed by atoms with van der Waals surface area (Å²) < 4.78 is 0. The van der Waals surface area contributed by atoms with E-state index < -0.39 is 0 Å². The molecule has 1 amide bonds. The highest BCUT2D eigenvalue weighted by molar-refractivity contribution is 8.06. The van der Waals surface area contributed by atoms with E-state index in [9.17, 15) is 9.59 Å². The zero-order valence-corrected chi connectivity index (χ0v) is 16.8. The number of ketones is 1. The third kappa shape index (κ3) is 6.11. The Balaban J connectivity index is 1.39. The summed E-state index contributed by atoms with van der Waals surface area (Å²) in [4.78, 5) is 29.0. The van der Waals surface area contributed by atoms with Crippen LogP contribution in [0.2, 0.25) is 0 Å². The highest BCUT2D eigenvalue weighted by Crippen LogP contribution is 2.32. The predicted octanol–water partition coefficient (Wildman–Crippen LogP) is 3.18. The number of piperidine rings is 1. The molecule has 1 N–H and O–H groups in total. The number of hydrogen-bond donors (Lipinski definition) is 1. The molecular formula is C21H29N3O2S. The predicted molar refractivity (Wildman–Crippen MR) is 111 cm³/mol. The van der Waals surface area contributed by atoms with Gasteiger partial charge in [0.15, 0.2) is 5.78 Å². The number of amides is 1. The molecule has 3 rings (SSSR count). The average molecular weight is 388 g/mol. The highest BCUT2D eigenvalue weighted by atomic mass is 32.2. The van der Waals surface area contributed by atoms with Gasteiger partial charge < -0.3 is 15.1 Å². The molecule has 27 heavy (non-hydrogen) atoms. The van der Waals surface area contributed by atoms with E-state index in [0.717, 1.165) is 51.0 Å². The van der Waals surface area contributed by atoms with Crippen molar-refractivity contribution in [2.45, 2.75) is 45.1 Å². The second kappa shape index (κ2) is 9.95. The quantitative estimate of drug-likeness (QED) is 0.727. The number of carbonyl (C=O) groups is 2. The van der Waals surface area contributed by atoms with Gasteiger partial charge in [0, 0.05) is 55.8 Å². The Bertz CT molecular complexity index is 673. The second-order valence-electron chi connectivity index (χ2n) is 7.22. The van der Waals surface area contributed by atoms with Crippen molar-refractivity contribution in [1.82, 2.24) is 15.1 Å². The number of carbonyl (C=O) groups excluding carboxylic acids is 2. The molecule has 0 aromatic rings. The fourth-order valence-corrected chi connectivity index (χ4v) is 4.41. The van der Waals surface area contributed by atoms with Crippen LogP contribution in [0.25, 0.3) is 0 Å². The Morgan fingerprint density at radius 1 is 1.30 bits per heavy atom. The SMILES string of the molecule is CCC(=O)NC1CCN(CCCN2C=CSC(C3=CC=CC(=O)C3)=C2)CC1. The van der Waals surface area contributed by atoms with Gasteiger partial charge in [0.05, 0.1) is 0 Å². The van der Waals surface area contributed by atoms with Gasteiger partial charge >= 0.3 is 0 Å². The minimum absolute atomic E-state index is 0.163. The molecular weight excluding hydrogens is 358 g/mol. The Hall–Kier alpha value is -1.79. The molecule has 1 fully saturated rings. The topological polar surface area (TPSA) is 52.7 Å². The average Bonchev–Trinajstić information content (AvgIpc) is 2.69. The molecule has 0 bridgehead atoms. The number of rotatable bonds is 7. The third-order valence-corrected chi connectivity index (χ3v) is 6.03. The molecule has 2 aliphatic heterocycles. The minimum Gasteiger partial charge on any atom is -0.353 e. The zero-order chi connectivity index (χ0) is 19.1. The molecule has 5 nitrogen and oxygen atoms in total. The molecule has 0 unspecified atom stereocenters. The summed E-state index contributed by atoms with van der Waals surface area (Å²) in [6, 6.07) is 0.349. The second-order valence-corrected chi connectivity index (χ2v) is 8.17. The monoisotopic (exact) mass is 387 g/mol. The largest absolute Gasteiger partial charge is 0.353 e. The van der Waals surface area contributed by atoms with Gasteiger partial charge in [-0.05, 0) is 42.9 Å². The molecule has 146 valence electrons. The lowest BCUT2D eigenvalue weighted by atomic mass is 10.0. The fraction of sp³-hybridized carbons (Fsp3) is 0.524. The van der Waals surface area contributed by atoms with Gasteiger partial charge in [-0.25, -0.2) is 0 Å². The lowest BCUT2D eigenvalue weighted by molar-refractivity contribution is -0.121. The molecule has 6 heteroatoms. The van der Waals surface area contributed by atoms with Crippen molar-refractivity contribution in [3.05, 3.63) is 46.5 Å². The van der Waals surface area contributed by atoms with Crippen LogP contribution in [0.4, 0.5) is 0 Å². The first kappa shape index (κ1) is 20.0. The van der Waals surface area contributed by atoms with Gasteiger partial charge in [-0.1, -0.05) is 30.8 Å². The summed E-state index contributed by atoms with van der Waals surface area (Å²) in [6.45, 7) is 6.08. The first-order valence-electron chi connectivity index (χ1n) is 9.87. The highest BCUT2D eigenvalue weighted by Gasteiger charge is 2.20. The van der Waals surface area contributed by atoms with Crippen LogP contribution in [0.15, 0.2) is 46.5 Å². The molecule has 1 aliphatic carbocycles. The molecule has 2 heterocycles. The van der Waals surface area contributed by atoms with Gasteiger partial charge in [-0.15, -0.1) is 0 Å². The molecule has 0 atom stereocenters. The maximum atomic E-state index is 11.6. The van der Waals surface area contributed by atoms with Gasteiger partial charge in [-0.3, -0.25) is 9.59 Å². The van der Waals surface area contributed by atoms with Crippen molar-refractivity contribution >= 4 is 23.5 Å². The third-order valence-electron chi connectivity index (χ3n) is 5.16. The van der Waals surface area contributed by atoms with Crippen molar-refractivity contribution < 1.29 is 9.59 Å². The smallest absolute Gasteiger partial charge is 0.219 e. The molecule has 0 saturated carbocycles. The van der Waals surface area contributed by atoms with Gasteiger partial charge in [0.25, 0.3) is 0 Å². The summed E-state index contributed by atoms with van der Waals surface area (Å²) in [5.74, 6) is 0.338. The molecule has 0 radical (unpaired) electrons. The van der Waals surface area contributed by atoms with Crippen molar-refractivity contribution in [2.75, 3.05) is 26.2 Å². The lowest BCUT2D eigenvalue weighted by Crippen LogP contribution is -2.44. The van der Waals surface area contributed by atoms with Crippen LogP contribution >= 0.6 is 11.8 Å². The van der Waals surface area contributed by atoms with Gasteiger partial charge in [0.2, 0.25) is 5.91 Å². The number of likely N-dealkylation sites (tertiary alicyclic amines) is 1. The van der Waals surface area contributed by atoms with Crippen molar-refractivity contribution in [3.63, 3.8) is 0 Å². The maximum Gasteiger partial charge on any atom is 0.219 e. The van der Waals surface area contributed by atoms with Crippen molar-refractivity contribution in [1.29, 1.82) is 0 Å².